The van der Waals surface area contributed by atoms with Crippen LogP contribution in [0.25, 0.3) is 0 Å². The maximum Gasteiger partial charge on any atom is 0.306 e. The van der Waals surface area contributed by atoms with Gasteiger partial charge in [0, 0.05) is 5.71 Å². The summed E-state index contributed by atoms with van der Waals surface area (Å²) in [5, 5.41) is 27.0. The highest BCUT2D eigenvalue weighted by Gasteiger charge is 2.57. The van der Waals surface area contributed by atoms with Gasteiger partial charge in [-0.3, -0.25) is 9.59 Å². The first-order chi connectivity index (χ1) is 11.2. The standard InChI is InChI=1S/C18H24N2O4/c1-11(20)14(8-19)15(21)9-24-16(22)7-17-3-12-2-13(4-17)6-18(23,5-12)10-17/h12-14,20,23H,2-7,9-10H2,1H3/t12-,13-,14?,17?,18?/m0/s1. The fourth-order valence-electron chi connectivity index (χ4n) is 5.61. The van der Waals surface area contributed by atoms with Gasteiger partial charge in [-0.15, -0.1) is 0 Å². The molecule has 0 aromatic heterocycles. The van der Waals surface area contributed by atoms with Crippen LogP contribution in [0.4, 0.5) is 0 Å². The van der Waals surface area contributed by atoms with E-state index in [2.05, 4.69) is 0 Å². The number of nitrogens with zero attached hydrogens (tertiary/aromatic N) is 1. The van der Waals surface area contributed by atoms with Gasteiger partial charge < -0.3 is 15.3 Å². The molecule has 4 rings (SSSR count). The van der Waals surface area contributed by atoms with Crippen molar-refractivity contribution in [3.63, 3.8) is 0 Å². The molecule has 0 radical (unpaired) electrons. The second kappa shape index (κ2) is 5.96. The van der Waals surface area contributed by atoms with Crippen molar-refractivity contribution in [2.45, 2.75) is 57.5 Å². The Morgan fingerprint density at radius 3 is 2.46 bits per heavy atom. The Labute approximate surface area is 141 Å². The zero-order chi connectivity index (χ0) is 17.5. The molecule has 0 aliphatic heterocycles. The lowest BCUT2D eigenvalue weighted by molar-refractivity contribution is -0.177. The molecule has 24 heavy (non-hydrogen) atoms. The molecule has 0 aromatic rings. The van der Waals surface area contributed by atoms with E-state index in [0.717, 1.165) is 32.1 Å². The fourth-order valence-corrected chi connectivity index (χ4v) is 5.61. The number of rotatable bonds is 6. The molecule has 4 fully saturated rings. The Hall–Kier alpha value is -1.74. The van der Waals surface area contributed by atoms with Crippen LogP contribution in [0.1, 0.15) is 51.9 Å². The average Bonchev–Trinajstić information content (AvgIpc) is 2.42. The number of hydrogen-bond donors (Lipinski definition) is 2. The Bertz CT molecular complexity index is 607. The summed E-state index contributed by atoms with van der Waals surface area (Å²) in [7, 11) is 0. The molecule has 2 N–H and O–H groups in total. The molecular weight excluding hydrogens is 308 g/mol. The molecule has 6 nitrogen and oxygen atoms in total. The third-order valence-corrected chi connectivity index (χ3v) is 5.93. The second-order valence-electron chi connectivity index (χ2n) is 8.23. The number of esters is 1. The molecule has 3 atom stereocenters. The van der Waals surface area contributed by atoms with Crippen molar-refractivity contribution >= 4 is 17.5 Å². The minimum atomic E-state index is -1.14. The van der Waals surface area contributed by atoms with Gasteiger partial charge in [0.1, 0.15) is 5.92 Å². The highest BCUT2D eigenvalue weighted by Crippen LogP contribution is 2.62. The molecule has 0 amide bonds. The van der Waals surface area contributed by atoms with Crippen molar-refractivity contribution in [3.05, 3.63) is 0 Å². The van der Waals surface area contributed by atoms with E-state index in [1.54, 1.807) is 6.07 Å². The van der Waals surface area contributed by atoms with Crippen molar-refractivity contribution in [1.82, 2.24) is 0 Å². The van der Waals surface area contributed by atoms with Crippen LogP contribution < -0.4 is 0 Å². The molecule has 0 heterocycles. The first-order valence-corrected chi connectivity index (χ1v) is 8.60. The highest BCUT2D eigenvalue weighted by atomic mass is 16.5. The van der Waals surface area contributed by atoms with Crippen LogP contribution in [-0.4, -0.2) is 34.8 Å². The van der Waals surface area contributed by atoms with E-state index in [1.165, 1.54) is 6.92 Å². The molecule has 0 saturated heterocycles. The van der Waals surface area contributed by atoms with Gasteiger partial charge in [-0.25, -0.2) is 0 Å². The Kier molecular flexibility index (Phi) is 4.25. The molecule has 4 saturated carbocycles. The quantitative estimate of drug-likeness (QED) is 0.571. The van der Waals surface area contributed by atoms with Gasteiger partial charge in [0.25, 0.3) is 0 Å². The van der Waals surface area contributed by atoms with Crippen LogP contribution in [0.3, 0.4) is 0 Å². The van der Waals surface area contributed by atoms with Gasteiger partial charge in [0.2, 0.25) is 0 Å². The molecule has 6 heteroatoms. The van der Waals surface area contributed by atoms with E-state index >= 15 is 0 Å². The van der Waals surface area contributed by atoms with Gasteiger partial charge in [-0.05, 0) is 62.7 Å². The van der Waals surface area contributed by atoms with Crippen molar-refractivity contribution in [1.29, 1.82) is 10.7 Å². The molecule has 0 aromatic carbocycles. The van der Waals surface area contributed by atoms with Crippen molar-refractivity contribution in [3.8, 4) is 6.07 Å². The molecule has 1 unspecified atom stereocenters. The number of carbonyl (C=O) groups excluding carboxylic acids is 2. The van der Waals surface area contributed by atoms with Crippen LogP contribution >= 0.6 is 0 Å². The third-order valence-electron chi connectivity index (χ3n) is 5.93. The lowest BCUT2D eigenvalue weighted by Crippen LogP contribution is -2.56. The number of carbonyl (C=O) groups is 2. The van der Waals surface area contributed by atoms with E-state index in [9.17, 15) is 14.7 Å². The predicted octanol–water partition coefficient (Wildman–Crippen LogP) is 2.00. The van der Waals surface area contributed by atoms with Gasteiger partial charge in [0.15, 0.2) is 12.4 Å². The smallest absolute Gasteiger partial charge is 0.306 e. The molecule has 0 spiro atoms. The summed E-state index contributed by atoms with van der Waals surface area (Å²) in [4.78, 5) is 24.1. The van der Waals surface area contributed by atoms with Crippen molar-refractivity contribution in [2.24, 2.45) is 23.2 Å². The molecule has 4 aliphatic carbocycles. The Balaban J connectivity index is 1.57. The molecular formula is C18H24N2O4. The fraction of sp³-hybridized carbons (Fsp3) is 0.778. The van der Waals surface area contributed by atoms with Crippen LogP contribution in [0.2, 0.25) is 0 Å². The summed E-state index contributed by atoms with van der Waals surface area (Å²) >= 11 is 0. The number of Topliss-reactive ketones (excluding diaryl/α,β-unsaturated/α-hetero) is 1. The van der Waals surface area contributed by atoms with Gasteiger partial charge in [0.05, 0.1) is 18.1 Å². The minimum Gasteiger partial charge on any atom is -0.458 e. The predicted molar refractivity (Wildman–Crippen MR) is 85.2 cm³/mol. The summed E-state index contributed by atoms with van der Waals surface area (Å²) in [5.74, 6) is -1.14. The van der Waals surface area contributed by atoms with Crippen LogP contribution in [-0.2, 0) is 14.3 Å². The highest BCUT2D eigenvalue weighted by molar-refractivity contribution is 6.05. The van der Waals surface area contributed by atoms with Gasteiger partial charge in [-0.1, -0.05) is 0 Å². The van der Waals surface area contributed by atoms with Crippen molar-refractivity contribution < 1.29 is 19.4 Å². The summed E-state index contributed by atoms with van der Waals surface area (Å²) in [6, 6.07) is 1.76. The summed E-state index contributed by atoms with van der Waals surface area (Å²) in [6.07, 6.45) is 5.64. The lowest BCUT2D eigenvalue weighted by atomic mass is 9.47. The molecule has 130 valence electrons. The van der Waals surface area contributed by atoms with E-state index in [4.69, 9.17) is 15.4 Å². The minimum absolute atomic E-state index is 0.0399. The molecule has 4 aliphatic rings. The maximum atomic E-state index is 12.2. The zero-order valence-corrected chi connectivity index (χ0v) is 14.0. The van der Waals surface area contributed by atoms with Crippen LogP contribution in [0.5, 0.6) is 0 Å². The third kappa shape index (κ3) is 3.23. The van der Waals surface area contributed by atoms with E-state index < -0.39 is 29.9 Å². The number of nitriles is 1. The van der Waals surface area contributed by atoms with Crippen LogP contribution in [0.15, 0.2) is 0 Å². The van der Waals surface area contributed by atoms with E-state index in [1.807, 2.05) is 0 Å². The second-order valence-corrected chi connectivity index (χ2v) is 8.23. The normalized spacial score (nSPS) is 37.5. The summed E-state index contributed by atoms with van der Waals surface area (Å²) in [6.45, 7) is 0.935. The largest absolute Gasteiger partial charge is 0.458 e. The van der Waals surface area contributed by atoms with Crippen molar-refractivity contribution in [2.75, 3.05) is 6.61 Å². The van der Waals surface area contributed by atoms with Gasteiger partial charge in [-0.2, -0.15) is 5.26 Å². The SMILES string of the molecule is CC(=N)C(C#N)C(=O)COC(=O)CC12C[C@@H]3C[C@H](CC(O)(C3)C1)C2. The summed E-state index contributed by atoms with van der Waals surface area (Å²) in [5.41, 5.74) is -0.851. The zero-order valence-electron chi connectivity index (χ0n) is 14.0. The average molecular weight is 332 g/mol. The monoisotopic (exact) mass is 332 g/mol. The number of ketones is 1. The number of ether oxygens (including phenoxy) is 1. The topological polar surface area (TPSA) is 111 Å². The lowest BCUT2D eigenvalue weighted by Gasteiger charge is -2.60. The van der Waals surface area contributed by atoms with Crippen LogP contribution in [0, 0.1) is 39.9 Å². The summed E-state index contributed by atoms with van der Waals surface area (Å²) < 4.78 is 5.09. The maximum absolute atomic E-state index is 12.2. The number of aliphatic hydroxyl groups is 1. The van der Waals surface area contributed by atoms with Gasteiger partial charge >= 0.3 is 5.97 Å². The first kappa shape index (κ1) is 17.1. The van der Waals surface area contributed by atoms with E-state index in [0.29, 0.717) is 18.3 Å². The Morgan fingerprint density at radius 2 is 1.96 bits per heavy atom. The Morgan fingerprint density at radius 1 is 1.33 bits per heavy atom. The number of hydrogen-bond acceptors (Lipinski definition) is 6. The number of nitrogens with one attached hydrogen (secondary N) is 1. The van der Waals surface area contributed by atoms with E-state index in [-0.39, 0.29) is 17.5 Å². The molecule has 4 bridgehead atoms. The first-order valence-electron chi connectivity index (χ1n) is 8.60.